The predicted octanol–water partition coefficient (Wildman–Crippen LogP) is 5.87. The minimum Gasteiger partial charge on any atom is -0.428 e. The van der Waals surface area contributed by atoms with Crippen molar-refractivity contribution >= 4 is 17.6 Å². The quantitative estimate of drug-likeness (QED) is 0.388. The van der Waals surface area contributed by atoms with Crippen LogP contribution in [0.4, 0.5) is 22.4 Å². The van der Waals surface area contributed by atoms with E-state index in [1.54, 1.807) is 23.1 Å². The Hall–Kier alpha value is -3.33. The third-order valence-corrected chi connectivity index (χ3v) is 6.00. The molecule has 4 rings (SSSR count). The Kier molecular flexibility index (Phi) is 7.16. The Bertz CT molecular complexity index is 1160. The Labute approximate surface area is 204 Å². The van der Waals surface area contributed by atoms with E-state index < -0.39 is 23.8 Å². The molecule has 35 heavy (non-hydrogen) atoms. The number of nitrogens with zero attached hydrogens (tertiary/aromatic N) is 2. The lowest BCUT2D eigenvalue weighted by molar-refractivity contribution is -0.253. The number of aromatic nitrogens is 1. The number of hydrogen-bond acceptors (Lipinski definition) is 3. The van der Waals surface area contributed by atoms with E-state index in [9.17, 15) is 22.4 Å². The second-order valence-electron chi connectivity index (χ2n) is 8.19. The Morgan fingerprint density at radius 2 is 1.83 bits per heavy atom. The van der Waals surface area contributed by atoms with Gasteiger partial charge in [0.05, 0.1) is 10.7 Å². The maximum absolute atomic E-state index is 13.7. The van der Waals surface area contributed by atoms with Crippen LogP contribution in [0.3, 0.4) is 0 Å². The van der Waals surface area contributed by atoms with Crippen molar-refractivity contribution in [3.05, 3.63) is 94.8 Å². The first kappa shape index (κ1) is 24.8. The van der Waals surface area contributed by atoms with Gasteiger partial charge in [-0.25, -0.2) is 4.79 Å². The second-order valence-corrected chi connectivity index (χ2v) is 8.63. The van der Waals surface area contributed by atoms with Crippen LogP contribution >= 0.6 is 11.6 Å². The van der Waals surface area contributed by atoms with Crippen LogP contribution in [0.25, 0.3) is 0 Å². The van der Waals surface area contributed by atoms with E-state index in [-0.39, 0.29) is 12.5 Å². The number of halogens is 5. The molecule has 1 aliphatic heterocycles. The predicted molar refractivity (Wildman–Crippen MR) is 123 cm³/mol. The summed E-state index contributed by atoms with van der Waals surface area (Å²) in [6.07, 6.45) is -6.22. The molecule has 0 unspecified atom stereocenters. The number of urea groups is 1. The van der Waals surface area contributed by atoms with Crippen molar-refractivity contribution in [1.82, 2.24) is 15.2 Å². The van der Waals surface area contributed by atoms with Gasteiger partial charge >= 0.3 is 18.6 Å². The van der Waals surface area contributed by atoms with E-state index in [4.69, 9.17) is 11.6 Å². The fourth-order valence-electron chi connectivity index (χ4n) is 3.86. The van der Waals surface area contributed by atoms with Crippen LogP contribution in [0.15, 0.2) is 72.9 Å². The van der Waals surface area contributed by atoms with E-state index in [1.807, 2.05) is 30.3 Å². The monoisotopic (exact) mass is 507 g/mol. The van der Waals surface area contributed by atoms with Gasteiger partial charge in [0.15, 0.2) is 0 Å². The zero-order chi connectivity index (χ0) is 25.1. The van der Waals surface area contributed by atoms with Crippen molar-refractivity contribution in [2.75, 3.05) is 13.1 Å². The average molecular weight is 508 g/mol. The van der Waals surface area contributed by atoms with Gasteiger partial charge in [-0.1, -0.05) is 54.1 Å². The van der Waals surface area contributed by atoms with Crippen molar-refractivity contribution in [3.8, 4) is 5.75 Å². The van der Waals surface area contributed by atoms with Gasteiger partial charge in [-0.3, -0.25) is 4.98 Å². The van der Waals surface area contributed by atoms with E-state index in [0.717, 1.165) is 18.1 Å². The maximum Gasteiger partial charge on any atom is 0.461 e. The van der Waals surface area contributed by atoms with Crippen molar-refractivity contribution in [1.29, 1.82) is 0 Å². The molecule has 1 aliphatic rings. The summed E-state index contributed by atoms with van der Waals surface area (Å²) in [7, 11) is 0. The number of carbonyl (C=O) groups is 1. The molecule has 1 aromatic heterocycles. The molecule has 0 saturated carbocycles. The number of ether oxygens (including phenoxy) is 1. The van der Waals surface area contributed by atoms with Gasteiger partial charge in [0, 0.05) is 25.7 Å². The summed E-state index contributed by atoms with van der Waals surface area (Å²) < 4.78 is 57.2. The molecular formula is C25H22ClF4N3O2. The summed E-state index contributed by atoms with van der Waals surface area (Å²) >= 11 is 6.05. The number of likely N-dealkylation sites (tertiary alicyclic amines) is 1. The molecule has 5 nitrogen and oxygen atoms in total. The van der Waals surface area contributed by atoms with E-state index in [2.05, 4.69) is 15.0 Å². The van der Waals surface area contributed by atoms with Gasteiger partial charge in [0.1, 0.15) is 11.3 Å². The SMILES string of the molecule is O=C(N[C@@](Cc1ccccc1)(c1cccc(OC(F)(F)C(F)F)c1)c1ccc(Cl)cn1)N1CCC1. The van der Waals surface area contributed by atoms with Gasteiger partial charge in [-0.2, -0.15) is 17.6 Å². The lowest BCUT2D eigenvalue weighted by atomic mass is 9.80. The zero-order valence-corrected chi connectivity index (χ0v) is 19.2. The molecule has 1 N–H and O–H groups in total. The third kappa shape index (κ3) is 5.51. The Morgan fingerprint density at radius 3 is 2.43 bits per heavy atom. The molecule has 184 valence electrons. The molecule has 0 spiro atoms. The van der Waals surface area contributed by atoms with Crippen LogP contribution in [0.2, 0.25) is 5.02 Å². The molecule has 0 aliphatic carbocycles. The molecule has 2 heterocycles. The number of alkyl halides is 4. The fourth-order valence-corrected chi connectivity index (χ4v) is 3.97. The highest BCUT2D eigenvalue weighted by Gasteiger charge is 2.45. The largest absolute Gasteiger partial charge is 0.461 e. The van der Waals surface area contributed by atoms with E-state index in [0.29, 0.717) is 29.4 Å². The minimum atomic E-state index is -4.68. The Morgan fingerprint density at radius 1 is 1.09 bits per heavy atom. The maximum atomic E-state index is 13.7. The summed E-state index contributed by atoms with van der Waals surface area (Å²) in [5.74, 6) is -0.475. The summed E-state index contributed by atoms with van der Waals surface area (Å²) in [6.45, 7) is 1.15. The molecule has 0 bridgehead atoms. The molecular weight excluding hydrogens is 486 g/mol. The van der Waals surface area contributed by atoms with Crippen LogP contribution in [0.5, 0.6) is 5.75 Å². The molecule has 2 amide bonds. The molecule has 1 atom stereocenters. The summed E-state index contributed by atoms with van der Waals surface area (Å²) in [5, 5.41) is 3.40. The first-order valence-corrected chi connectivity index (χ1v) is 11.3. The van der Waals surface area contributed by atoms with Crippen molar-refractivity contribution < 1.29 is 27.1 Å². The summed E-state index contributed by atoms with van der Waals surface area (Å²) in [5.41, 5.74) is 0.181. The van der Waals surface area contributed by atoms with Crippen LogP contribution in [0.1, 0.15) is 23.2 Å². The molecule has 3 aromatic rings. The topological polar surface area (TPSA) is 54.5 Å². The first-order chi connectivity index (χ1) is 16.7. The minimum absolute atomic E-state index is 0.191. The van der Waals surface area contributed by atoms with Crippen molar-refractivity contribution in [2.24, 2.45) is 0 Å². The van der Waals surface area contributed by atoms with Crippen LogP contribution < -0.4 is 10.1 Å². The molecule has 10 heteroatoms. The highest BCUT2D eigenvalue weighted by molar-refractivity contribution is 6.30. The smallest absolute Gasteiger partial charge is 0.428 e. The highest BCUT2D eigenvalue weighted by atomic mass is 35.5. The van der Waals surface area contributed by atoms with E-state index in [1.165, 1.54) is 18.3 Å². The summed E-state index contributed by atoms with van der Waals surface area (Å²) in [6, 6.07) is 17.4. The fraction of sp³-hybridized carbons (Fsp3) is 0.280. The number of pyridine rings is 1. The highest BCUT2D eigenvalue weighted by Crippen LogP contribution is 2.37. The number of amides is 2. The van der Waals surface area contributed by atoms with Crippen molar-refractivity contribution in [3.63, 3.8) is 0 Å². The van der Waals surface area contributed by atoms with Gasteiger partial charge in [0.25, 0.3) is 0 Å². The number of carbonyl (C=O) groups excluding carboxylic acids is 1. The lowest BCUT2D eigenvalue weighted by Gasteiger charge is -2.39. The number of nitrogens with one attached hydrogen (secondary N) is 1. The third-order valence-electron chi connectivity index (χ3n) is 5.78. The molecule has 1 saturated heterocycles. The standard InChI is InChI=1S/C25H22ClF4N3O2/c26-19-10-11-21(31-16-19)24(15-17-6-2-1-3-7-17,32-23(34)33-12-5-13-33)18-8-4-9-20(14-18)35-25(29,30)22(27)28/h1-4,6-11,14,16,22H,5,12-13,15H2,(H,32,34)/t24-/m0/s1. The Balaban J connectivity index is 1.85. The lowest BCUT2D eigenvalue weighted by Crippen LogP contribution is -2.56. The molecule has 0 radical (unpaired) electrons. The number of rotatable bonds is 8. The average Bonchev–Trinajstić information content (AvgIpc) is 2.78. The van der Waals surface area contributed by atoms with Crippen molar-refractivity contribution in [2.45, 2.75) is 30.9 Å². The molecule has 1 fully saturated rings. The van der Waals surface area contributed by atoms with Gasteiger partial charge in [0.2, 0.25) is 0 Å². The van der Waals surface area contributed by atoms with Crippen LogP contribution in [-0.2, 0) is 12.0 Å². The molecule has 2 aromatic carbocycles. The number of hydrogen-bond donors (Lipinski definition) is 1. The normalized spacial score (nSPS) is 15.3. The second kappa shape index (κ2) is 10.1. The van der Waals surface area contributed by atoms with Gasteiger partial charge < -0.3 is 15.0 Å². The van der Waals surface area contributed by atoms with Gasteiger partial charge in [-0.15, -0.1) is 0 Å². The zero-order valence-electron chi connectivity index (χ0n) is 18.4. The van der Waals surface area contributed by atoms with Gasteiger partial charge in [-0.05, 0) is 41.8 Å². The summed E-state index contributed by atoms with van der Waals surface area (Å²) in [4.78, 5) is 19.2. The van der Waals surface area contributed by atoms with Crippen LogP contribution in [0, 0.1) is 0 Å². The van der Waals surface area contributed by atoms with Crippen LogP contribution in [-0.4, -0.2) is 41.5 Å². The number of benzene rings is 2. The van der Waals surface area contributed by atoms with E-state index >= 15 is 0 Å². The first-order valence-electron chi connectivity index (χ1n) is 10.9.